The number of aliphatic hydroxyl groups excluding tert-OH is 2. The summed E-state index contributed by atoms with van der Waals surface area (Å²) < 4.78 is 5.16. The second-order valence-electron chi connectivity index (χ2n) is 2.66. The van der Waals surface area contributed by atoms with Gasteiger partial charge in [0.15, 0.2) is 5.11 Å². The second kappa shape index (κ2) is 3.99. The van der Waals surface area contributed by atoms with Crippen molar-refractivity contribution in [3.05, 3.63) is 0 Å². The first-order chi connectivity index (χ1) is 5.63. The molecule has 1 fully saturated rings. The van der Waals surface area contributed by atoms with E-state index in [1.165, 1.54) is 0 Å². The minimum absolute atomic E-state index is 0.130. The monoisotopic (exact) mass is 192 g/mol. The number of nitrogens with two attached hydrogens (primary N) is 1. The highest BCUT2D eigenvalue weighted by Gasteiger charge is 2.33. The van der Waals surface area contributed by atoms with Crippen LogP contribution in [0.5, 0.6) is 0 Å². The maximum absolute atomic E-state index is 9.26. The van der Waals surface area contributed by atoms with Crippen molar-refractivity contribution in [1.82, 2.24) is 5.32 Å². The van der Waals surface area contributed by atoms with Crippen LogP contribution in [0.15, 0.2) is 0 Å². The van der Waals surface area contributed by atoms with Gasteiger partial charge in [-0.15, -0.1) is 0 Å². The molecular formula is C6H12N2O3S. The average Bonchev–Trinajstić information content (AvgIpc) is 2.29. The van der Waals surface area contributed by atoms with E-state index in [4.69, 9.17) is 15.6 Å². The molecule has 0 bridgehead atoms. The van der Waals surface area contributed by atoms with Gasteiger partial charge in [-0.25, -0.2) is 0 Å². The average molecular weight is 192 g/mol. The lowest BCUT2D eigenvalue weighted by molar-refractivity contribution is -0.0253. The summed E-state index contributed by atoms with van der Waals surface area (Å²) in [5, 5.41) is 20.8. The first kappa shape index (κ1) is 9.66. The topological polar surface area (TPSA) is 87.7 Å². The van der Waals surface area contributed by atoms with E-state index in [0.29, 0.717) is 6.42 Å². The Labute approximate surface area is 75.5 Å². The van der Waals surface area contributed by atoms with Gasteiger partial charge in [-0.2, -0.15) is 0 Å². The molecule has 0 aromatic heterocycles. The zero-order valence-electron chi connectivity index (χ0n) is 6.43. The molecule has 0 amide bonds. The fraction of sp³-hybridized carbons (Fsp3) is 0.833. The molecule has 0 spiro atoms. The lowest BCUT2D eigenvalue weighted by Gasteiger charge is -2.12. The van der Waals surface area contributed by atoms with E-state index in [1.54, 1.807) is 0 Å². The van der Waals surface area contributed by atoms with Crippen molar-refractivity contribution in [1.29, 1.82) is 0 Å². The van der Waals surface area contributed by atoms with E-state index < -0.39 is 12.2 Å². The maximum Gasteiger partial charge on any atom is 0.165 e. The Hall–Kier alpha value is -0.430. The van der Waals surface area contributed by atoms with Crippen LogP contribution in [0.1, 0.15) is 6.42 Å². The molecule has 5 nitrogen and oxygen atoms in total. The highest BCUT2D eigenvalue weighted by Crippen LogP contribution is 2.17. The first-order valence-corrected chi connectivity index (χ1v) is 4.04. The predicted molar refractivity (Wildman–Crippen MR) is 46.3 cm³/mol. The SMILES string of the molecule is NC(=S)NC1CC(O)C(CO)O1. The van der Waals surface area contributed by atoms with Gasteiger partial charge in [0.1, 0.15) is 12.3 Å². The third-order valence-electron chi connectivity index (χ3n) is 1.71. The first-order valence-electron chi connectivity index (χ1n) is 3.64. The Morgan fingerprint density at radius 1 is 1.75 bits per heavy atom. The molecule has 0 saturated carbocycles. The zero-order valence-corrected chi connectivity index (χ0v) is 7.25. The number of hydrogen-bond acceptors (Lipinski definition) is 4. The van der Waals surface area contributed by atoms with Gasteiger partial charge >= 0.3 is 0 Å². The lowest BCUT2D eigenvalue weighted by atomic mass is 10.2. The molecule has 0 radical (unpaired) electrons. The molecule has 1 saturated heterocycles. The minimum atomic E-state index is -0.651. The van der Waals surface area contributed by atoms with Crippen molar-refractivity contribution >= 4 is 17.3 Å². The maximum atomic E-state index is 9.26. The molecule has 3 atom stereocenters. The van der Waals surface area contributed by atoms with E-state index in [9.17, 15) is 5.11 Å². The van der Waals surface area contributed by atoms with Crippen molar-refractivity contribution in [2.75, 3.05) is 6.61 Å². The quantitative estimate of drug-likeness (QED) is 0.390. The fourth-order valence-electron chi connectivity index (χ4n) is 1.14. The molecule has 3 unspecified atom stereocenters. The lowest BCUT2D eigenvalue weighted by Crippen LogP contribution is -2.38. The standard InChI is InChI=1S/C6H12N2O3S/c7-6(12)8-5-1-3(10)4(2-9)11-5/h3-5,9-10H,1-2H2,(H3,7,8,12). The molecule has 0 aromatic rings. The van der Waals surface area contributed by atoms with Crippen LogP contribution in [0.2, 0.25) is 0 Å². The smallest absolute Gasteiger partial charge is 0.165 e. The van der Waals surface area contributed by atoms with E-state index in [-0.39, 0.29) is 17.9 Å². The Morgan fingerprint density at radius 3 is 2.83 bits per heavy atom. The van der Waals surface area contributed by atoms with Crippen molar-refractivity contribution in [2.45, 2.75) is 24.9 Å². The number of ether oxygens (including phenoxy) is 1. The minimum Gasteiger partial charge on any atom is -0.394 e. The number of rotatable bonds is 2. The summed E-state index contributed by atoms with van der Waals surface area (Å²) in [4.78, 5) is 0. The Morgan fingerprint density at radius 2 is 2.42 bits per heavy atom. The van der Waals surface area contributed by atoms with Crippen LogP contribution in [0, 0.1) is 0 Å². The van der Waals surface area contributed by atoms with Gasteiger partial charge < -0.3 is 26.0 Å². The number of hydrogen-bond donors (Lipinski definition) is 4. The van der Waals surface area contributed by atoms with Crippen molar-refractivity contribution < 1.29 is 14.9 Å². The predicted octanol–water partition coefficient (Wildman–Crippen LogP) is -1.71. The van der Waals surface area contributed by atoms with Crippen LogP contribution in [0.25, 0.3) is 0 Å². The molecule has 12 heavy (non-hydrogen) atoms. The van der Waals surface area contributed by atoms with Crippen LogP contribution in [0.3, 0.4) is 0 Å². The molecule has 1 rings (SSSR count). The zero-order chi connectivity index (χ0) is 9.14. The molecular weight excluding hydrogens is 180 g/mol. The van der Waals surface area contributed by atoms with Gasteiger partial charge in [0.05, 0.1) is 12.7 Å². The summed E-state index contributed by atoms with van der Waals surface area (Å²) in [5.41, 5.74) is 5.20. The van der Waals surface area contributed by atoms with Crippen molar-refractivity contribution in [2.24, 2.45) is 5.73 Å². The van der Waals surface area contributed by atoms with Gasteiger partial charge in [-0.05, 0) is 12.2 Å². The van der Waals surface area contributed by atoms with Crippen LogP contribution >= 0.6 is 12.2 Å². The Balaban J connectivity index is 2.37. The third-order valence-corrected chi connectivity index (χ3v) is 1.82. The van der Waals surface area contributed by atoms with E-state index in [1.807, 2.05) is 0 Å². The molecule has 6 heteroatoms. The Kier molecular flexibility index (Phi) is 3.21. The van der Waals surface area contributed by atoms with Gasteiger partial charge in [-0.3, -0.25) is 0 Å². The second-order valence-corrected chi connectivity index (χ2v) is 3.10. The molecule has 5 N–H and O–H groups in total. The normalized spacial score (nSPS) is 35.0. The molecule has 0 aromatic carbocycles. The molecule has 1 aliphatic heterocycles. The third kappa shape index (κ3) is 2.28. The number of nitrogens with one attached hydrogen (secondary N) is 1. The van der Waals surface area contributed by atoms with E-state index in [2.05, 4.69) is 17.5 Å². The highest BCUT2D eigenvalue weighted by molar-refractivity contribution is 7.80. The van der Waals surface area contributed by atoms with Gasteiger partial charge in [0, 0.05) is 6.42 Å². The van der Waals surface area contributed by atoms with Gasteiger partial charge in [0.25, 0.3) is 0 Å². The van der Waals surface area contributed by atoms with Crippen LogP contribution in [-0.4, -0.2) is 40.4 Å². The van der Waals surface area contributed by atoms with E-state index in [0.717, 1.165) is 0 Å². The van der Waals surface area contributed by atoms with Crippen LogP contribution in [-0.2, 0) is 4.74 Å². The summed E-state index contributed by atoms with van der Waals surface area (Å²) in [6.45, 7) is -0.198. The van der Waals surface area contributed by atoms with Crippen LogP contribution < -0.4 is 11.1 Å². The summed E-state index contributed by atoms with van der Waals surface area (Å²) in [6, 6.07) is 0. The summed E-state index contributed by atoms with van der Waals surface area (Å²) >= 11 is 4.59. The highest BCUT2D eigenvalue weighted by atomic mass is 32.1. The largest absolute Gasteiger partial charge is 0.394 e. The summed E-state index contributed by atoms with van der Waals surface area (Å²) in [6.07, 6.45) is -1.17. The summed E-state index contributed by atoms with van der Waals surface area (Å²) in [5.74, 6) is 0. The summed E-state index contributed by atoms with van der Waals surface area (Å²) in [7, 11) is 0. The number of thiocarbonyl (C=S) groups is 1. The number of aliphatic hydroxyl groups is 2. The molecule has 70 valence electrons. The molecule has 1 aliphatic rings. The van der Waals surface area contributed by atoms with Gasteiger partial charge in [0.2, 0.25) is 0 Å². The van der Waals surface area contributed by atoms with Gasteiger partial charge in [-0.1, -0.05) is 0 Å². The fourth-order valence-corrected chi connectivity index (χ4v) is 1.28. The van der Waals surface area contributed by atoms with Crippen molar-refractivity contribution in [3.8, 4) is 0 Å². The van der Waals surface area contributed by atoms with E-state index >= 15 is 0 Å². The molecule has 0 aliphatic carbocycles. The Bertz CT molecular complexity index is 178. The van der Waals surface area contributed by atoms with Crippen molar-refractivity contribution in [3.63, 3.8) is 0 Å². The van der Waals surface area contributed by atoms with Crippen LogP contribution in [0.4, 0.5) is 0 Å². The molecule has 1 heterocycles.